The largest absolute Gasteiger partial charge is 0.489 e. The van der Waals surface area contributed by atoms with Crippen molar-refractivity contribution < 1.29 is 4.74 Å². The molecule has 0 aliphatic heterocycles. The van der Waals surface area contributed by atoms with Crippen LogP contribution >= 0.6 is 12.2 Å². The van der Waals surface area contributed by atoms with Crippen LogP contribution in [0.25, 0.3) is 0 Å². The van der Waals surface area contributed by atoms with Gasteiger partial charge in [-0.3, -0.25) is 0 Å². The summed E-state index contributed by atoms with van der Waals surface area (Å²) in [6, 6.07) is 7.44. The lowest BCUT2D eigenvalue weighted by atomic mass is 10.3. The summed E-state index contributed by atoms with van der Waals surface area (Å²) in [5, 5.41) is 3.08. The fourth-order valence-corrected chi connectivity index (χ4v) is 1.13. The first kappa shape index (κ1) is 11.5. The molecule has 3 N–H and O–H groups in total. The van der Waals surface area contributed by atoms with Crippen molar-refractivity contribution >= 4 is 23.0 Å². The number of hydrogen-bond donors (Lipinski definition) is 2. The second-order valence-electron chi connectivity index (χ2n) is 3.26. The van der Waals surface area contributed by atoms with Crippen molar-refractivity contribution in [1.29, 1.82) is 0 Å². The normalized spacial score (nSPS) is 9.40. The molecule has 0 aromatic heterocycles. The zero-order valence-electron chi connectivity index (χ0n) is 8.62. The van der Waals surface area contributed by atoms with Gasteiger partial charge in [0.05, 0.1) is 0 Å². The van der Waals surface area contributed by atoms with E-state index in [9.17, 15) is 0 Å². The minimum atomic E-state index is 0.243. The average Bonchev–Trinajstić information content (AvgIpc) is 2.14. The fourth-order valence-electron chi connectivity index (χ4n) is 1.01. The molecule has 0 aliphatic carbocycles. The molecular weight excluding hydrogens is 208 g/mol. The summed E-state index contributed by atoms with van der Waals surface area (Å²) in [6.07, 6.45) is 0. The number of nitrogens with two attached hydrogens (primary N) is 1. The smallest absolute Gasteiger partial charge is 0.168 e. The van der Waals surface area contributed by atoms with Crippen LogP contribution in [0.2, 0.25) is 0 Å². The highest BCUT2D eigenvalue weighted by Crippen LogP contribution is 2.17. The standard InChI is InChI=1S/C11H14N2OS/c1-8(2)7-14-10-5-3-4-9(6-10)13-11(12)15/h3-6H,1,7H2,2H3,(H3,12,13,15). The molecule has 15 heavy (non-hydrogen) atoms. The Morgan fingerprint density at radius 2 is 2.33 bits per heavy atom. The van der Waals surface area contributed by atoms with Crippen LogP contribution in [0.3, 0.4) is 0 Å². The molecule has 4 heteroatoms. The van der Waals surface area contributed by atoms with Crippen molar-refractivity contribution in [3.05, 3.63) is 36.4 Å². The molecule has 1 rings (SSSR count). The molecule has 0 aliphatic rings. The maximum Gasteiger partial charge on any atom is 0.168 e. The third kappa shape index (κ3) is 4.46. The zero-order valence-corrected chi connectivity index (χ0v) is 9.43. The van der Waals surface area contributed by atoms with Gasteiger partial charge in [-0.15, -0.1) is 0 Å². The van der Waals surface area contributed by atoms with Gasteiger partial charge in [-0.1, -0.05) is 12.6 Å². The first-order chi connectivity index (χ1) is 7.08. The predicted molar refractivity (Wildman–Crippen MR) is 67.2 cm³/mol. The molecule has 80 valence electrons. The minimum Gasteiger partial charge on any atom is -0.489 e. The lowest BCUT2D eigenvalue weighted by molar-refractivity contribution is 0.353. The molecule has 0 spiro atoms. The maximum absolute atomic E-state index is 5.47. The van der Waals surface area contributed by atoms with Gasteiger partial charge < -0.3 is 15.8 Å². The molecule has 0 fully saturated rings. The van der Waals surface area contributed by atoms with E-state index < -0.39 is 0 Å². The van der Waals surface area contributed by atoms with E-state index in [-0.39, 0.29) is 5.11 Å². The topological polar surface area (TPSA) is 47.3 Å². The number of nitrogens with one attached hydrogen (secondary N) is 1. The molecule has 0 atom stereocenters. The zero-order chi connectivity index (χ0) is 11.3. The Kier molecular flexibility index (Phi) is 4.12. The van der Waals surface area contributed by atoms with E-state index in [1.54, 1.807) is 0 Å². The molecule has 0 unspecified atom stereocenters. The Morgan fingerprint density at radius 1 is 1.60 bits per heavy atom. The van der Waals surface area contributed by atoms with Crippen molar-refractivity contribution in [2.24, 2.45) is 5.73 Å². The molecular formula is C11H14N2OS. The number of thiocarbonyl (C=S) groups is 1. The van der Waals surface area contributed by atoms with E-state index in [0.29, 0.717) is 6.61 Å². The van der Waals surface area contributed by atoms with Crippen LogP contribution in [-0.4, -0.2) is 11.7 Å². The Bertz CT molecular complexity index is 377. The molecule has 0 saturated carbocycles. The third-order valence-corrected chi connectivity index (χ3v) is 1.69. The highest BCUT2D eigenvalue weighted by Gasteiger charge is 1.97. The van der Waals surface area contributed by atoms with Crippen LogP contribution in [0.4, 0.5) is 5.69 Å². The Morgan fingerprint density at radius 3 is 2.93 bits per heavy atom. The SMILES string of the molecule is C=C(C)COc1cccc(NC(N)=S)c1. The third-order valence-electron chi connectivity index (χ3n) is 1.59. The van der Waals surface area contributed by atoms with Crippen molar-refractivity contribution in [3.8, 4) is 5.75 Å². The lowest BCUT2D eigenvalue weighted by Gasteiger charge is -2.08. The van der Waals surface area contributed by atoms with Gasteiger partial charge in [0.2, 0.25) is 0 Å². The van der Waals surface area contributed by atoms with Crippen molar-refractivity contribution in [2.75, 3.05) is 11.9 Å². The van der Waals surface area contributed by atoms with E-state index in [1.807, 2.05) is 31.2 Å². The van der Waals surface area contributed by atoms with Crippen molar-refractivity contribution in [1.82, 2.24) is 0 Å². The van der Waals surface area contributed by atoms with Crippen LogP contribution in [-0.2, 0) is 0 Å². The van der Waals surface area contributed by atoms with Crippen molar-refractivity contribution in [2.45, 2.75) is 6.92 Å². The second-order valence-corrected chi connectivity index (χ2v) is 3.70. The minimum absolute atomic E-state index is 0.243. The molecule has 1 aromatic carbocycles. The summed E-state index contributed by atoms with van der Waals surface area (Å²) in [6.45, 7) is 6.18. The van der Waals surface area contributed by atoms with Gasteiger partial charge in [0.15, 0.2) is 5.11 Å². The van der Waals surface area contributed by atoms with Gasteiger partial charge in [0.25, 0.3) is 0 Å². The van der Waals surface area contributed by atoms with Crippen LogP contribution in [0.15, 0.2) is 36.4 Å². The lowest BCUT2D eigenvalue weighted by Crippen LogP contribution is -2.18. The van der Waals surface area contributed by atoms with E-state index in [1.165, 1.54) is 0 Å². The molecule has 0 saturated heterocycles. The molecule has 0 radical (unpaired) electrons. The first-order valence-corrected chi connectivity index (χ1v) is 4.92. The van der Waals surface area contributed by atoms with Crippen LogP contribution in [0.5, 0.6) is 5.75 Å². The summed E-state index contributed by atoms with van der Waals surface area (Å²) in [4.78, 5) is 0. The molecule has 0 amide bonds. The van der Waals surface area contributed by atoms with E-state index in [4.69, 9.17) is 22.7 Å². The fraction of sp³-hybridized carbons (Fsp3) is 0.182. The van der Waals surface area contributed by atoms with Gasteiger partial charge in [-0.25, -0.2) is 0 Å². The number of hydrogen-bond acceptors (Lipinski definition) is 2. The summed E-state index contributed by atoms with van der Waals surface area (Å²) >= 11 is 4.74. The highest BCUT2D eigenvalue weighted by atomic mass is 32.1. The summed E-state index contributed by atoms with van der Waals surface area (Å²) < 4.78 is 5.47. The quantitative estimate of drug-likeness (QED) is 0.606. The van der Waals surface area contributed by atoms with E-state index >= 15 is 0 Å². The van der Waals surface area contributed by atoms with E-state index in [2.05, 4.69) is 11.9 Å². The average molecular weight is 222 g/mol. The molecule has 1 aromatic rings. The number of ether oxygens (including phenoxy) is 1. The van der Waals surface area contributed by atoms with Crippen molar-refractivity contribution in [3.63, 3.8) is 0 Å². The summed E-state index contributed by atoms with van der Waals surface area (Å²) in [7, 11) is 0. The number of rotatable bonds is 4. The Balaban J connectivity index is 2.65. The Labute approximate surface area is 94.9 Å². The number of anilines is 1. The summed E-state index contributed by atoms with van der Waals surface area (Å²) in [5.41, 5.74) is 7.16. The monoisotopic (exact) mass is 222 g/mol. The maximum atomic E-state index is 5.47. The van der Waals surface area contributed by atoms with E-state index in [0.717, 1.165) is 17.0 Å². The van der Waals surface area contributed by atoms with Gasteiger partial charge in [-0.05, 0) is 36.8 Å². The van der Waals surface area contributed by atoms with Gasteiger partial charge in [0, 0.05) is 11.8 Å². The molecule has 3 nitrogen and oxygen atoms in total. The highest BCUT2D eigenvalue weighted by molar-refractivity contribution is 7.80. The summed E-state index contributed by atoms with van der Waals surface area (Å²) in [5.74, 6) is 0.763. The van der Waals surface area contributed by atoms with Gasteiger partial charge in [0.1, 0.15) is 12.4 Å². The Hall–Kier alpha value is -1.55. The predicted octanol–water partition coefficient (Wildman–Crippen LogP) is 2.30. The number of benzene rings is 1. The van der Waals surface area contributed by atoms with Crippen LogP contribution < -0.4 is 15.8 Å². The van der Waals surface area contributed by atoms with Crippen LogP contribution in [0, 0.1) is 0 Å². The second kappa shape index (κ2) is 5.36. The first-order valence-electron chi connectivity index (χ1n) is 4.51. The van der Waals surface area contributed by atoms with Gasteiger partial charge in [-0.2, -0.15) is 0 Å². The molecule has 0 bridgehead atoms. The molecule has 0 heterocycles. The van der Waals surface area contributed by atoms with Gasteiger partial charge >= 0.3 is 0 Å². The van der Waals surface area contributed by atoms with Crippen LogP contribution in [0.1, 0.15) is 6.92 Å².